The molecule has 1 amide bonds. The Morgan fingerprint density at radius 1 is 1.36 bits per heavy atom. The number of benzene rings is 1. The van der Waals surface area contributed by atoms with Gasteiger partial charge in [-0.25, -0.2) is 8.42 Å². The van der Waals surface area contributed by atoms with Crippen LogP contribution in [0.5, 0.6) is 5.75 Å². The zero-order chi connectivity index (χ0) is 18.4. The first kappa shape index (κ1) is 19.7. The molecule has 6 nitrogen and oxygen atoms in total. The van der Waals surface area contributed by atoms with Crippen molar-refractivity contribution in [2.45, 2.75) is 50.5 Å². The van der Waals surface area contributed by atoms with E-state index in [9.17, 15) is 13.2 Å². The summed E-state index contributed by atoms with van der Waals surface area (Å²) in [5, 5.41) is 3.00. The molecule has 1 aliphatic heterocycles. The normalized spacial score (nSPS) is 20.0. The molecule has 1 fully saturated rings. The molecule has 2 rings (SSSR count). The van der Waals surface area contributed by atoms with Crippen molar-refractivity contribution in [1.82, 2.24) is 9.62 Å². The average Bonchev–Trinajstić information content (AvgIpc) is 2.62. The lowest BCUT2D eigenvalue weighted by molar-refractivity contribution is -0.126. The standard InChI is InChI=1S/C18H28N2O4S/c1-4-6-14(2)19-18(21)15-7-5-12-20(13-15)25(22,23)17-10-8-16(24-3)9-11-17/h8-11,14-15H,4-7,12-13H2,1-3H3,(H,19,21)/t14-,15-/m0/s1. The minimum absolute atomic E-state index is 0.0458. The summed E-state index contributed by atoms with van der Waals surface area (Å²) in [4.78, 5) is 12.7. The van der Waals surface area contributed by atoms with Gasteiger partial charge in [0.15, 0.2) is 0 Å². The highest BCUT2D eigenvalue weighted by atomic mass is 32.2. The molecule has 1 N–H and O–H groups in total. The fourth-order valence-electron chi connectivity index (χ4n) is 3.14. The van der Waals surface area contributed by atoms with E-state index >= 15 is 0 Å². The number of ether oxygens (including phenoxy) is 1. The van der Waals surface area contributed by atoms with E-state index in [4.69, 9.17) is 4.74 Å². The summed E-state index contributed by atoms with van der Waals surface area (Å²) in [5.74, 6) is 0.274. The molecule has 0 unspecified atom stereocenters. The van der Waals surface area contributed by atoms with Crippen LogP contribution < -0.4 is 10.1 Å². The second-order valence-corrected chi connectivity index (χ2v) is 8.51. The number of rotatable bonds is 7. The number of hydrogen-bond donors (Lipinski definition) is 1. The van der Waals surface area contributed by atoms with Gasteiger partial charge in [0.2, 0.25) is 15.9 Å². The second-order valence-electron chi connectivity index (χ2n) is 6.58. The lowest BCUT2D eigenvalue weighted by atomic mass is 9.98. The van der Waals surface area contributed by atoms with Crippen LogP contribution in [0.1, 0.15) is 39.5 Å². The van der Waals surface area contributed by atoms with Gasteiger partial charge in [-0.1, -0.05) is 13.3 Å². The predicted molar refractivity (Wildman–Crippen MR) is 97.0 cm³/mol. The van der Waals surface area contributed by atoms with E-state index < -0.39 is 10.0 Å². The van der Waals surface area contributed by atoms with Gasteiger partial charge < -0.3 is 10.1 Å². The third-order valence-corrected chi connectivity index (χ3v) is 6.44. The summed E-state index contributed by atoms with van der Waals surface area (Å²) in [7, 11) is -2.06. The molecule has 0 spiro atoms. The van der Waals surface area contributed by atoms with Crippen LogP contribution in [0, 0.1) is 5.92 Å². The number of hydrogen-bond acceptors (Lipinski definition) is 4. The fourth-order valence-corrected chi connectivity index (χ4v) is 4.66. The SMILES string of the molecule is CCC[C@H](C)NC(=O)[C@H]1CCCN(S(=O)(=O)c2ccc(OC)cc2)C1. The van der Waals surface area contributed by atoms with Crippen LogP contribution in [0.3, 0.4) is 0 Å². The van der Waals surface area contributed by atoms with Gasteiger partial charge in [-0.3, -0.25) is 4.79 Å². The van der Waals surface area contributed by atoms with Gasteiger partial charge in [0.1, 0.15) is 5.75 Å². The molecule has 1 aromatic rings. The lowest BCUT2D eigenvalue weighted by Gasteiger charge is -2.31. The highest BCUT2D eigenvalue weighted by Gasteiger charge is 2.33. The quantitative estimate of drug-likeness (QED) is 0.802. The Balaban J connectivity index is 2.07. The van der Waals surface area contributed by atoms with E-state index in [1.54, 1.807) is 24.3 Å². The minimum Gasteiger partial charge on any atom is -0.497 e. The summed E-state index contributed by atoms with van der Waals surface area (Å²) < 4.78 is 32.2. The second kappa shape index (κ2) is 8.67. The van der Waals surface area contributed by atoms with Gasteiger partial charge in [0.05, 0.1) is 17.9 Å². The van der Waals surface area contributed by atoms with Crippen LogP contribution in [-0.4, -0.2) is 44.9 Å². The van der Waals surface area contributed by atoms with E-state index in [2.05, 4.69) is 12.2 Å². The molecule has 0 aliphatic carbocycles. The number of piperidine rings is 1. The van der Waals surface area contributed by atoms with Crippen LogP contribution >= 0.6 is 0 Å². The zero-order valence-electron chi connectivity index (χ0n) is 15.2. The Kier molecular flexibility index (Phi) is 6.84. The number of nitrogens with zero attached hydrogens (tertiary/aromatic N) is 1. The Labute approximate surface area is 150 Å². The maximum absolute atomic E-state index is 12.8. The molecule has 7 heteroatoms. The first-order chi connectivity index (χ1) is 11.9. The summed E-state index contributed by atoms with van der Waals surface area (Å²) in [6.45, 7) is 4.74. The molecule has 0 saturated carbocycles. The van der Waals surface area contributed by atoms with E-state index in [1.165, 1.54) is 11.4 Å². The number of carbonyl (C=O) groups is 1. The molecule has 2 atom stereocenters. The summed E-state index contributed by atoms with van der Waals surface area (Å²) in [5.41, 5.74) is 0. The van der Waals surface area contributed by atoms with E-state index in [-0.39, 0.29) is 29.3 Å². The minimum atomic E-state index is -3.59. The van der Waals surface area contributed by atoms with Crippen molar-refractivity contribution in [3.8, 4) is 5.75 Å². The highest BCUT2D eigenvalue weighted by Crippen LogP contribution is 2.25. The van der Waals surface area contributed by atoms with Crippen molar-refractivity contribution in [3.05, 3.63) is 24.3 Å². The van der Waals surface area contributed by atoms with Crippen LogP contribution in [0.2, 0.25) is 0 Å². The third-order valence-electron chi connectivity index (χ3n) is 4.56. The zero-order valence-corrected chi connectivity index (χ0v) is 16.0. The molecule has 0 radical (unpaired) electrons. The Morgan fingerprint density at radius 3 is 2.64 bits per heavy atom. The molecule has 0 aromatic heterocycles. The Bertz CT molecular complexity index is 673. The number of amides is 1. The Morgan fingerprint density at radius 2 is 2.04 bits per heavy atom. The average molecular weight is 368 g/mol. The summed E-state index contributed by atoms with van der Waals surface area (Å²) >= 11 is 0. The Hall–Kier alpha value is -1.60. The van der Waals surface area contributed by atoms with Crippen LogP contribution in [0.4, 0.5) is 0 Å². The molecule has 25 heavy (non-hydrogen) atoms. The van der Waals surface area contributed by atoms with Crippen molar-refractivity contribution < 1.29 is 17.9 Å². The third kappa shape index (κ3) is 4.95. The van der Waals surface area contributed by atoms with Crippen molar-refractivity contribution >= 4 is 15.9 Å². The van der Waals surface area contributed by atoms with Crippen LogP contribution in [0.15, 0.2) is 29.2 Å². The highest BCUT2D eigenvalue weighted by molar-refractivity contribution is 7.89. The van der Waals surface area contributed by atoms with Crippen molar-refractivity contribution in [2.24, 2.45) is 5.92 Å². The van der Waals surface area contributed by atoms with E-state index in [0.717, 1.165) is 19.3 Å². The maximum Gasteiger partial charge on any atom is 0.243 e. The molecule has 1 aliphatic rings. The lowest BCUT2D eigenvalue weighted by Crippen LogP contribution is -2.47. The molecular formula is C18H28N2O4S. The number of methoxy groups -OCH3 is 1. The number of carbonyl (C=O) groups excluding carboxylic acids is 1. The summed E-state index contributed by atoms with van der Waals surface area (Å²) in [6.07, 6.45) is 3.34. The first-order valence-corrected chi connectivity index (χ1v) is 10.3. The first-order valence-electron chi connectivity index (χ1n) is 8.83. The van der Waals surface area contributed by atoms with Gasteiger partial charge in [-0.15, -0.1) is 0 Å². The summed E-state index contributed by atoms with van der Waals surface area (Å²) in [6, 6.07) is 6.47. The van der Waals surface area contributed by atoms with Gasteiger partial charge in [0.25, 0.3) is 0 Å². The molecule has 1 saturated heterocycles. The van der Waals surface area contributed by atoms with Crippen molar-refractivity contribution in [2.75, 3.05) is 20.2 Å². The molecule has 140 valence electrons. The van der Waals surface area contributed by atoms with Crippen LogP contribution in [0.25, 0.3) is 0 Å². The van der Waals surface area contributed by atoms with Gasteiger partial charge in [0, 0.05) is 19.1 Å². The van der Waals surface area contributed by atoms with Crippen molar-refractivity contribution in [1.29, 1.82) is 0 Å². The van der Waals surface area contributed by atoms with E-state index in [1.807, 2.05) is 6.92 Å². The number of nitrogens with one attached hydrogen (secondary N) is 1. The smallest absolute Gasteiger partial charge is 0.243 e. The fraction of sp³-hybridized carbons (Fsp3) is 0.611. The maximum atomic E-state index is 12.8. The molecule has 1 heterocycles. The molecule has 0 bridgehead atoms. The molecular weight excluding hydrogens is 340 g/mol. The van der Waals surface area contributed by atoms with Crippen LogP contribution in [-0.2, 0) is 14.8 Å². The predicted octanol–water partition coefficient (Wildman–Crippen LogP) is 2.40. The van der Waals surface area contributed by atoms with Crippen molar-refractivity contribution in [3.63, 3.8) is 0 Å². The largest absolute Gasteiger partial charge is 0.497 e. The molecule has 1 aromatic carbocycles. The topological polar surface area (TPSA) is 75.7 Å². The van der Waals surface area contributed by atoms with Gasteiger partial charge >= 0.3 is 0 Å². The van der Waals surface area contributed by atoms with E-state index in [0.29, 0.717) is 18.7 Å². The van der Waals surface area contributed by atoms with Gasteiger partial charge in [-0.05, 0) is 50.5 Å². The van der Waals surface area contributed by atoms with Gasteiger partial charge in [-0.2, -0.15) is 4.31 Å². The number of sulfonamides is 1. The monoisotopic (exact) mass is 368 g/mol.